The van der Waals surface area contributed by atoms with Gasteiger partial charge in [-0.25, -0.2) is 4.39 Å². The highest BCUT2D eigenvalue weighted by molar-refractivity contribution is 5.94. The van der Waals surface area contributed by atoms with Gasteiger partial charge in [0.2, 0.25) is 5.91 Å². The van der Waals surface area contributed by atoms with Crippen LogP contribution in [-0.2, 0) is 4.79 Å². The number of carbonyl (C=O) groups excluding carboxylic acids is 2. The number of amides is 2. The van der Waals surface area contributed by atoms with Gasteiger partial charge < -0.3 is 10.2 Å². The largest absolute Gasteiger partial charge is 0.350 e. The monoisotopic (exact) mass is 322 g/mol. The number of halogens is 1. The van der Waals surface area contributed by atoms with E-state index in [9.17, 15) is 14.0 Å². The Morgan fingerprint density at radius 1 is 1.26 bits per heavy atom. The molecule has 7 heteroatoms. The van der Waals surface area contributed by atoms with Crippen LogP contribution < -0.4 is 5.32 Å². The molecular weight excluding hydrogens is 299 g/mol. The lowest BCUT2D eigenvalue weighted by atomic mass is 10.1. The third kappa shape index (κ3) is 4.99. The Bertz CT molecular complexity index is 578. The topological polar surface area (TPSA) is 65.5 Å². The van der Waals surface area contributed by atoms with E-state index in [1.54, 1.807) is 4.90 Å². The molecule has 1 saturated heterocycles. The molecule has 1 aromatic rings. The second kappa shape index (κ2) is 7.04. The fourth-order valence-corrected chi connectivity index (χ4v) is 2.49. The molecule has 0 saturated carbocycles. The van der Waals surface area contributed by atoms with E-state index >= 15 is 0 Å². The lowest BCUT2D eigenvalue weighted by Gasteiger charge is -2.35. The molecule has 2 amide bonds. The van der Waals surface area contributed by atoms with Crippen LogP contribution in [0.1, 0.15) is 31.1 Å². The van der Waals surface area contributed by atoms with E-state index in [2.05, 4.69) is 10.3 Å². The Hall–Kier alpha value is -2.02. The van der Waals surface area contributed by atoms with Crippen LogP contribution in [0.3, 0.4) is 0 Å². The summed E-state index contributed by atoms with van der Waals surface area (Å²) in [6, 6.07) is 1.39. The van der Waals surface area contributed by atoms with Crippen LogP contribution in [0.25, 0.3) is 0 Å². The fraction of sp³-hybridized carbons (Fsp3) is 0.562. The van der Waals surface area contributed by atoms with Crippen molar-refractivity contribution in [2.45, 2.75) is 26.3 Å². The fourth-order valence-electron chi connectivity index (χ4n) is 2.49. The van der Waals surface area contributed by atoms with Gasteiger partial charge in [0.15, 0.2) is 5.82 Å². The van der Waals surface area contributed by atoms with E-state index in [-0.39, 0.29) is 22.9 Å². The molecule has 0 spiro atoms. The molecule has 1 fully saturated rings. The molecule has 1 aliphatic heterocycles. The number of rotatable bonds is 3. The first-order valence-corrected chi connectivity index (χ1v) is 7.68. The first-order valence-electron chi connectivity index (χ1n) is 7.68. The van der Waals surface area contributed by atoms with Crippen molar-refractivity contribution in [3.8, 4) is 0 Å². The predicted octanol–water partition coefficient (Wildman–Crippen LogP) is 0.893. The molecule has 0 bridgehead atoms. The van der Waals surface area contributed by atoms with Crippen LogP contribution in [-0.4, -0.2) is 64.9 Å². The van der Waals surface area contributed by atoms with E-state index in [4.69, 9.17) is 0 Å². The molecule has 1 aromatic heterocycles. The van der Waals surface area contributed by atoms with Crippen LogP contribution in [0, 0.1) is 5.82 Å². The van der Waals surface area contributed by atoms with Gasteiger partial charge >= 0.3 is 0 Å². The van der Waals surface area contributed by atoms with Crippen molar-refractivity contribution in [1.82, 2.24) is 20.1 Å². The summed E-state index contributed by atoms with van der Waals surface area (Å²) >= 11 is 0. The summed E-state index contributed by atoms with van der Waals surface area (Å²) in [6.07, 6.45) is 2.45. The Morgan fingerprint density at radius 3 is 2.48 bits per heavy atom. The van der Waals surface area contributed by atoms with Gasteiger partial charge in [-0.3, -0.25) is 19.5 Å². The number of hydrogen-bond donors (Lipinski definition) is 1. The van der Waals surface area contributed by atoms with Crippen LogP contribution in [0.2, 0.25) is 0 Å². The summed E-state index contributed by atoms with van der Waals surface area (Å²) in [5.74, 6) is -0.967. The number of nitrogens with one attached hydrogen (secondary N) is 1. The first-order chi connectivity index (χ1) is 10.8. The van der Waals surface area contributed by atoms with Gasteiger partial charge in [0.25, 0.3) is 5.91 Å². The standard InChI is InChI=1S/C16H23FN4O2/c1-16(2,3)19-14(22)11-20-6-8-21(9-7-20)15(23)12-4-5-18-10-13(12)17/h4-5,10H,6-9,11H2,1-3H3,(H,19,22). The highest BCUT2D eigenvalue weighted by Crippen LogP contribution is 2.11. The molecule has 0 aliphatic carbocycles. The average molecular weight is 322 g/mol. The maximum Gasteiger partial charge on any atom is 0.257 e. The van der Waals surface area contributed by atoms with Crippen LogP contribution >= 0.6 is 0 Å². The van der Waals surface area contributed by atoms with Gasteiger partial charge in [0.05, 0.1) is 18.3 Å². The second-order valence-electron chi connectivity index (χ2n) is 6.72. The van der Waals surface area contributed by atoms with E-state index in [0.29, 0.717) is 32.7 Å². The van der Waals surface area contributed by atoms with Gasteiger partial charge in [0.1, 0.15) is 0 Å². The number of piperazine rings is 1. The Balaban J connectivity index is 1.85. The summed E-state index contributed by atoms with van der Waals surface area (Å²) in [7, 11) is 0. The van der Waals surface area contributed by atoms with Crippen molar-refractivity contribution in [2.24, 2.45) is 0 Å². The Labute approximate surface area is 135 Å². The average Bonchev–Trinajstić information content (AvgIpc) is 2.46. The molecule has 0 atom stereocenters. The second-order valence-corrected chi connectivity index (χ2v) is 6.72. The van der Waals surface area contributed by atoms with Gasteiger partial charge in [-0.05, 0) is 26.8 Å². The zero-order valence-electron chi connectivity index (χ0n) is 13.8. The van der Waals surface area contributed by atoms with Crippen molar-refractivity contribution in [3.63, 3.8) is 0 Å². The normalized spacial score (nSPS) is 16.3. The molecule has 2 heterocycles. The predicted molar refractivity (Wildman–Crippen MR) is 84.4 cm³/mol. The minimum Gasteiger partial charge on any atom is -0.350 e. The molecule has 6 nitrogen and oxygen atoms in total. The summed E-state index contributed by atoms with van der Waals surface area (Å²) < 4.78 is 13.6. The summed E-state index contributed by atoms with van der Waals surface area (Å²) in [5.41, 5.74) is -0.216. The molecule has 1 aliphatic rings. The molecule has 1 N–H and O–H groups in total. The van der Waals surface area contributed by atoms with Gasteiger partial charge in [-0.2, -0.15) is 0 Å². The van der Waals surface area contributed by atoms with Crippen molar-refractivity contribution in [2.75, 3.05) is 32.7 Å². The van der Waals surface area contributed by atoms with Gasteiger partial charge in [-0.1, -0.05) is 0 Å². The molecule has 0 aromatic carbocycles. The smallest absolute Gasteiger partial charge is 0.257 e. The third-order valence-corrected chi connectivity index (χ3v) is 3.54. The SMILES string of the molecule is CC(C)(C)NC(=O)CN1CCN(C(=O)c2ccncc2F)CC1. The zero-order chi connectivity index (χ0) is 17.0. The summed E-state index contributed by atoms with van der Waals surface area (Å²) in [4.78, 5) is 31.5. The Kier molecular flexibility index (Phi) is 5.30. The molecular formula is C16H23FN4O2. The molecule has 2 rings (SSSR count). The number of pyridine rings is 1. The highest BCUT2D eigenvalue weighted by atomic mass is 19.1. The first kappa shape index (κ1) is 17.3. The van der Waals surface area contributed by atoms with Crippen molar-refractivity contribution in [3.05, 3.63) is 29.8 Å². The molecule has 0 radical (unpaired) electrons. The van der Waals surface area contributed by atoms with E-state index in [0.717, 1.165) is 6.20 Å². The van der Waals surface area contributed by atoms with Crippen molar-refractivity contribution < 1.29 is 14.0 Å². The quantitative estimate of drug-likeness (QED) is 0.898. The minimum absolute atomic E-state index is 0.0301. The Morgan fingerprint density at radius 2 is 1.91 bits per heavy atom. The van der Waals surface area contributed by atoms with Crippen LogP contribution in [0.15, 0.2) is 18.5 Å². The van der Waals surface area contributed by atoms with E-state index < -0.39 is 5.82 Å². The molecule has 0 unspecified atom stereocenters. The van der Waals surface area contributed by atoms with Crippen molar-refractivity contribution in [1.29, 1.82) is 0 Å². The number of carbonyl (C=O) groups is 2. The highest BCUT2D eigenvalue weighted by Gasteiger charge is 2.25. The minimum atomic E-state index is -0.607. The van der Waals surface area contributed by atoms with Gasteiger partial charge in [0, 0.05) is 37.9 Å². The van der Waals surface area contributed by atoms with Crippen LogP contribution in [0.4, 0.5) is 4.39 Å². The van der Waals surface area contributed by atoms with E-state index in [1.165, 1.54) is 12.3 Å². The van der Waals surface area contributed by atoms with E-state index in [1.807, 2.05) is 25.7 Å². The lowest BCUT2D eigenvalue weighted by Crippen LogP contribution is -2.52. The number of aromatic nitrogens is 1. The van der Waals surface area contributed by atoms with Crippen LogP contribution in [0.5, 0.6) is 0 Å². The summed E-state index contributed by atoms with van der Waals surface area (Å²) in [6.45, 7) is 8.25. The third-order valence-electron chi connectivity index (χ3n) is 3.54. The van der Waals surface area contributed by atoms with Gasteiger partial charge in [-0.15, -0.1) is 0 Å². The zero-order valence-corrected chi connectivity index (χ0v) is 13.8. The summed E-state index contributed by atoms with van der Waals surface area (Å²) in [5, 5.41) is 2.92. The number of nitrogens with zero attached hydrogens (tertiary/aromatic N) is 3. The molecule has 23 heavy (non-hydrogen) atoms. The lowest BCUT2D eigenvalue weighted by molar-refractivity contribution is -0.124. The molecule has 126 valence electrons. The van der Waals surface area contributed by atoms with Crippen molar-refractivity contribution >= 4 is 11.8 Å². The number of hydrogen-bond acceptors (Lipinski definition) is 4. The maximum absolute atomic E-state index is 13.6. The maximum atomic E-state index is 13.6.